The molecule has 1 heterocycles. The number of hydrogen-bond donors (Lipinski definition) is 3. The van der Waals surface area contributed by atoms with Crippen LogP contribution in [0, 0.1) is 0 Å². The zero-order valence-corrected chi connectivity index (χ0v) is 15.2. The van der Waals surface area contributed by atoms with Crippen LogP contribution in [0.25, 0.3) is 0 Å². The Morgan fingerprint density at radius 2 is 1.59 bits per heavy atom. The maximum absolute atomic E-state index is 12.5. The Hall–Kier alpha value is -3.38. The quantitative estimate of drug-likeness (QED) is 0.599. The van der Waals surface area contributed by atoms with Gasteiger partial charge in [-0.3, -0.25) is 9.59 Å². The number of carbonyl (C=O) groups is 2. The summed E-state index contributed by atoms with van der Waals surface area (Å²) in [7, 11) is 0. The zero-order valence-electron chi connectivity index (χ0n) is 14.5. The van der Waals surface area contributed by atoms with E-state index in [0.717, 1.165) is 5.69 Å². The number of carbonyl (C=O) groups excluding carboxylic acids is 2. The number of benzene rings is 2. The van der Waals surface area contributed by atoms with E-state index in [1.165, 1.54) is 6.92 Å². The van der Waals surface area contributed by atoms with Gasteiger partial charge in [0.1, 0.15) is 5.82 Å². The molecule has 0 radical (unpaired) electrons. The van der Waals surface area contributed by atoms with Gasteiger partial charge < -0.3 is 16.0 Å². The van der Waals surface area contributed by atoms with E-state index in [1.807, 2.05) is 12.1 Å². The lowest BCUT2D eigenvalue weighted by Crippen LogP contribution is -2.12. The third-order valence-corrected chi connectivity index (χ3v) is 3.82. The van der Waals surface area contributed by atoms with Gasteiger partial charge in [-0.2, -0.15) is 0 Å². The van der Waals surface area contributed by atoms with Crippen molar-refractivity contribution < 1.29 is 9.59 Å². The number of halogens is 1. The Morgan fingerprint density at radius 1 is 0.889 bits per heavy atom. The SMILES string of the molecule is CC(=O)Nc1ccc(NC(=O)c2ccnc(Nc3cccc(Cl)c3)c2)cc1. The van der Waals surface area contributed by atoms with E-state index in [2.05, 4.69) is 20.9 Å². The number of hydrogen-bond acceptors (Lipinski definition) is 4. The number of nitrogens with zero attached hydrogens (tertiary/aromatic N) is 1. The van der Waals surface area contributed by atoms with E-state index in [1.54, 1.807) is 54.7 Å². The Bertz CT molecular complexity index is 974. The van der Waals surface area contributed by atoms with Gasteiger partial charge in [0.2, 0.25) is 5.91 Å². The number of aromatic nitrogens is 1. The standard InChI is InChI=1S/C20H17ClN4O2/c1-13(26)23-16-5-7-17(8-6-16)25-20(27)14-9-10-22-19(11-14)24-18-4-2-3-15(21)12-18/h2-12H,1H3,(H,22,24)(H,23,26)(H,25,27). The molecule has 2 aromatic carbocycles. The second kappa shape index (κ2) is 8.33. The van der Waals surface area contributed by atoms with Crippen LogP contribution < -0.4 is 16.0 Å². The van der Waals surface area contributed by atoms with Crippen LogP contribution in [0.2, 0.25) is 5.02 Å². The molecule has 0 aliphatic carbocycles. The lowest BCUT2D eigenvalue weighted by atomic mass is 10.2. The number of anilines is 4. The van der Waals surface area contributed by atoms with E-state index >= 15 is 0 Å². The molecule has 0 saturated heterocycles. The molecule has 0 saturated carbocycles. The van der Waals surface area contributed by atoms with Crippen LogP contribution in [-0.4, -0.2) is 16.8 Å². The fourth-order valence-corrected chi connectivity index (χ4v) is 2.59. The second-order valence-corrected chi connectivity index (χ2v) is 6.21. The summed E-state index contributed by atoms with van der Waals surface area (Å²) < 4.78 is 0. The molecule has 0 unspecified atom stereocenters. The molecule has 3 aromatic rings. The summed E-state index contributed by atoms with van der Waals surface area (Å²) in [5, 5.41) is 9.21. The third kappa shape index (κ3) is 5.29. The number of amides is 2. The van der Waals surface area contributed by atoms with Crippen molar-refractivity contribution in [2.24, 2.45) is 0 Å². The second-order valence-electron chi connectivity index (χ2n) is 5.78. The summed E-state index contributed by atoms with van der Waals surface area (Å²) in [6, 6.07) is 17.4. The van der Waals surface area contributed by atoms with Crippen molar-refractivity contribution in [2.75, 3.05) is 16.0 Å². The highest BCUT2D eigenvalue weighted by atomic mass is 35.5. The van der Waals surface area contributed by atoms with Gasteiger partial charge >= 0.3 is 0 Å². The first-order chi connectivity index (χ1) is 13.0. The lowest BCUT2D eigenvalue weighted by molar-refractivity contribution is -0.114. The molecule has 0 fully saturated rings. The highest BCUT2D eigenvalue weighted by Gasteiger charge is 2.08. The first-order valence-electron chi connectivity index (χ1n) is 8.17. The van der Waals surface area contributed by atoms with E-state index in [9.17, 15) is 9.59 Å². The molecule has 27 heavy (non-hydrogen) atoms. The van der Waals surface area contributed by atoms with Gasteiger partial charge in [0, 0.05) is 40.8 Å². The maximum atomic E-state index is 12.5. The van der Waals surface area contributed by atoms with Crippen LogP contribution in [-0.2, 0) is 4.79 Å². The molecule has 0 atom stereocenters. The van der Waals surface area contributed by atoms with Crippen LogP contribution in [0.15, 0.2) is 66.9 Å². The van der Waals surface area contributed by atoms with Gasteiger partial charge in [-0.25, -0.2) is 4.98 Å². The molecule has 0 spiro atoms. The number of pyridine rings is 1. The molecule has 3 N–H and O–H groups in total. The van der Waals surface area contributed by atoms with Gasteiger partial charge in [-0.1, -0.05) is 17.7 Å². The topological polar surface area (TPSA) is 83.1 Å². The normalized spacial score (nSPS) is 10.1. The fraction of sp³-hybridized carbons (Fsp3) is 0.0500. The van der Waals surface area contributed by atoms with Gasteiger partial charge in [0.15, 0.2) is 0 Å². The van der Waals surface area contributed by atoms with Crippen molar-refractivity contribution in [2.45, 2.75) is 6.92 Å². The van der Waals surface area contributed by atoms with E-state index < -0.39 is 0 Å². The Morgan fingerprint density at radius 3 is 2.26 bits per heavy atom. The molecule has 6 nitrogen and oxygen atoms in total. The van der Waals surface area contributed by atoms with Crippen molar-refractivity contribution in [3.8, 4) is 0 Å². The molecule has 136 valence electrons. The summed E-state index contributed by atoms with van der Waals surface area (Å²) in [4.78, 5) is 27.7. The highest BCUT2D eigenvalue weighted by Crippen LogP contribution is 2.20. The van der Waals surface area contributed by atoms with Crippen LogP contribution in [0.1, 0.15) is 17.3 Å². The van der Waals surface area contributed by atoms with Crippen LogP contribution in [0.4, 0.5) is 22.9 Å². The van der Waals surface area contributed by atoms with Gasteiger partial charge in [0.05, 0.1) is 0 Å². The molecule has 0 bridgehead atoms. The third-order valence-electron chi connectivity index (χ3n) is 3.58. The molecule has 3 rings (SSSR count). The number of nitrogens with one attached hydrogen (secondary N) is 3. The highest BCUT2D eigenvalue weighted by molar-refractivity contribution is 6.30. The molecule has 2 amide bonds. The van der Waals surface area contributed by atoms with Crippen molar-refractivity contribution in [1.29, 1.82) is 0 Å². The average molecular weight is 381 g/mol. The fourth-order valence-electron chi connectivity index (χ4n) is 2.40. The summed E-state index contributed by atoms with van der Waals surface area (Å²) in [5.41, 5.74) is 2.52. The smallest absolute Gasteiger partial charge is 0.255 e. The van der Waals surface area contributed by atoms with Crippen molar-refractivity contribution in [1.82, 2.24) is 4.98 Å². The van der Waals surface area contributed by atoms with Crippen LogP contribution in [0.3, 0.4) is 0 Å². The Balaban J connectivity index is 1.69. The van der Waals surface area contributed by atoms with Crippen molar-refractivity contribution >= 4 is 46.3 Å². The largest absolute Gasteiger partial charge is 0.340 e. The first kappa shape index (κ1) is 18.4. The first-order valence-corrected chi connectivity index (χ1v) is 8.55. The Kier molecular flexibility index (Phi) is 5.68. The van der Waals surface area contributed by atoms with E-state index in [-0.39, 0.29) is 11.8 Å². The van der Waals surface area contributed by atoms with Crippen LogP contribution >= 0.6 is 11.6 Å². The van der Waals surface area contributed by atoms with Crippen LogP contribution in [0.5, 0.6) is 0 Å². The summed E-state index contributed by atoms with van der Waals surface area (Å²) in [5.74, 6) is 0.119. The van der Waals surface area contributed by atoms with E-state index in [0.29, 0.717) is 27.8 Å². The average Bonchev–Trinajstić information content (AvgIpc) is 2.63. The predicted molar refractivity (Wildman–Crippen MR) is 108 cm³/mol. The Labute approximate surface area is 161 Å². The minimum absolute atomic E-state index is 0.150. The van der Waals surface area contributed by atoms with Gasteiger partial charge in [-0.05, 0) is 54.6 Å². The summed E-state index contributed by atoms with van der Waals surface area (Å²) >= 11 is 5.97. The molecular weight excluding hydrogens is 364 g/mol. The lowest BCUT2D eigenvalue weighted by Gasteiger charge is -2.09. The van der Waals surface area contributed by atoms with Gasteiger partial charge in [-0.15, -0.1) is 0 Å². The van der Waals surface area contributed by atoms with E-state index in [4.69, 9.17) is 11.6 Å². The minimum atomic E-state index is -0.265. The molecule has 0 aliphatic heterocycles. The monoisotopic (exact) mass is 380 g/mol. The zero-order chi connectivity index (χ0) is 19.2. The van der Waals surface area contributed by atoms with Gasteiger partial charge in [0.25, 0.3) is 5.91 Å². The summed E-state index contributed by atoms with van der Waals surface area (Å²) in [6.45, 7) is 1.44. The maximum Gasteiger partial charge on any atom is 0.255 e. The van der Waals surface area contributed by atoms with Crippen molar-refractivity contribution in [3.63, 3.8) is 0 Å². The minimum Gasteiger partial charge on any atom is -0.340 e. The summed E-state index contributed by atoms with van der Waals surface area (Å²) in [6.07, 6.45) is 1.56. The van der Waals surface area contributed by atoms with Crippen molar-refractivity contribution in [3.05, 3.63) is 77.4 Å². The number of rotatable bonds is 5. The molecular formula is C20H17ClN4O2. The molecule has 0 aliphatic rings. The predicted octanol–water partition coefficient (Wildman–Crippen LogP) is 4.69. The molecule has 7 heteroatoms. The molecule has 1 aromatic heterocycles.